The van der Waals surface area contributed by atoms with E-state index in [1.165, 1.54) is 0 Å². The van der Waals surface area contributed by atoms with Crippen molar-refractivity contribution in [2.75, 3.05) is 6.54 Å². The highest BCUT2D eigenvalue weighted by Crippen LogP contribution is 1.57. The first-order valence-corrected chi connectivity index (χ1v) is 1.56. The Morgan fingerprint density at radius 3 is 3.00 bits per heavy atom. The molecule has 4 heavy (non-hydrogen) atoms. The second-order valence-corrected chi connectivity index (χ2v) is 0.750. The van der Waals surface area contributed by atoms with E-state index in [0.717, 1.165) is 13.0 Å². The average molecular weight is 61.1 g/mol. The molecule has 1 heteroatoms. The lowest BCUT2D eigenvalue weighted by atomic mass is 10.5. The minimum absolute atomic E-state index is 0.806. The van der Waals surface area contributed by atoms with Gasteiger partial charge in [-0.15, -0.1) is 0 Å². The Hall–Kier alpha value is -0.0400. The maximum absolute atomic E-state index is 6.35. The van der Waals surface area contributed by atoms with E-state index in [2.05, 4.69) is 5.73 Å². The summed E-state index contributed by atoms with van der Waals surface area (Å²) < 4.78 is 6.35. The standard InChI is InChI=1S/C3H9N/c1-2-3-4/h2-4H2,1H3/i/hT. The van der Waals surface area contributed by atoms with Crippen LogP contribution >= 0.6 is 0 Å². The molecule has 0 aliphatic heterocycles. The third-order valence-electron chi connectivity index (χ3n) is 0.250. The fraction of sp³-hybridized carbons (Fsp3) is 1.00. The molecule has 0 unspecified atom stereocenters. The molecular formula is C3H9N. The van der Waals surface area contributed by atoms with Crippen LogP contribution in [0.4, 0.5) is 0 Å². The summed E-state index contributed by atoms with van der Waals surface area (Å²) in [6, 6.07) is 0. The normalized spacial score (nSPS) is 10.8. The van der Waals surface area contributed by atoms with Crippen molar-refractivity contribution in [3.63, 3.8) is 0 Å². The molecule has 0 aliphatic carbocycles. The van der Waals surface area contributed by atoms with Crippen LogP contribution in [0.1, 0.15) is 13.3 Å². The maximum Gasteiger partial charge on any atom is 0.118 e. The SMILES string of the molecule is [3H]NCCC. The van der Waals surface area contributed by atoms with Gasteiger partial charge in [-0.05, 0) is 13.0 Å². The van der Waals surface area contributed by atoms with E-state index in [4.69, 9.17) is 1.41 Å². The third-order valence-corrected chi connectivity index (χ3v) is 0.250. The number of hydrogen-bond acceptors (Lipinski definition) is 1. The fourth-order valence-corrected chi connectivity index (χ4v) is 0. The van der Waals surface area contributed by atoms with Crippen LogP contribution in [0.3, 0.4) is 0 Å². The molecule has 0 fully saturated rings. The molecule has 26 valence electrons. The zero-order valence-corrected chi connectivity index (χ0v) is 2.91. The predicted molar refractivity (Wildman–Crippen MR) is 19.3 cm³/mol. The van der Waals surface area contributed by atoms with Crippen molar-refractivity contribution in [2.24, 2.45) is 5.73 Å². The summed E-state index contributed by atoms with van der Waals surface area (Å²) in [6.07, 6.45) is 1.05. The van der Waals surface area contributed by atoms with Crippen molar-refractivity contribution < 1.29 is 1.41 Å². The minimum Gasteiger partial charge on any atom is -0.330 e. The molecule has 0 aromatic rings. The quantitative estimate of drug-likeness (QED) is 0.490. The van der Waals surface area contributed by atoms with Gasteiger partial charge in [0.25, 0.3) is 0 Å². The first-order valence-electron chi connectivity index (χ1n) is 2.06. The van der Waals surface area contributed by atoms with E-state index in [9.17, 15) is 0 Å². The lowest BCUT2D eigenvalue weighted by Gasteiger charge is -1.70. The maximum atomic E-state index is 6.35. The molecule has 0 bridgehead atoms. The molecule has 0 rings (SSSR count). The van der Waals surface area contributed by atoms with Gasteiger partial charge in [0, 0.05) is 0 Å². The Kier molecular flexibility index (Phi) is 1.64. The number of hydrogen-bond donors (Lipinski definition) is 1. The van der Waals surface area contributed by atoms with Crippen LogP contribution in [0.2, 0.25) is 1.41 Å². The molecule has 0 amide bonds. The summed E-state index contributed by atoms with van der Waals surface area (Å²) in [5.41, 5.74) is 2.27. The van der Waals surface area contributed by atoms with Gasteiger partial charge < -0.3 is 5.73 Å². The van der Waals surface area contributed by atoms with Crippen LogP contribution in [0, 0.1) is 0 Å². The topological polar surface area (TPSA) is 26.0 Å². The largest absolute Gasteiger partial charge is 0.330 e. The van der Waals surface area contributed by atoms with Gasteiger partial charge in [-0.1, -0.05) is 6.92 Å². The first-order chi connectivity index (χ1) is 2.41. The first kappa shape index (κ1) is 2.21. The highest BCUT2D eigenvalue weighted by atomic mass is 14.5. The van der Waals surface area contributed by atoms with Crippen molar-refractivity contribution in [1.29, 1.82) is 0 Å². The highest BCUT2D eigenvalue weighted by molar-refractivity contribution is 4.19. The van der Waals surface area contributed by atoms with Crippen molar-refractivity contribution in [1.82, 2.24) is 0 Å². The van der Waals surface area contributed by atoms with E-state index in [1.807, 2.05) is 6.92 Å². The van der Waals surface area contributed by atoms with Crippen molar-refractivity contribution in [3.05, 3.63) is 0 Å². The lowest BCUT2D eigenvalue weighted by molar-refractivity contribution is 0.932. The lowest BCUT2D eigenvalue weighted by Crippen LogP contribution is -1.93. The molecule has 0 aromatic carbocycles. The summed E-state index contributed by atoms with van der Waals surface area (Å²) in [5, 5.41) is 0. The Balaban J connectivity index is 2.19. The van der Waals surface area contributed by atoms with Crippen molar-refractivity contribution in [3.8, 4) is 0 Å². The van der Waals surface area contributed by atoms with Crippen LogP contribution in [0.5, 0.6) is 0 Å². The second kappa shape index (κ2) is 2.96. The van der Waals surface area contributed by atoms with E-state index < -0.39 is 0 Å². The predicted octanol–water partition coefficient (Wildman–Crippen LogP) is 0.355. The van der Waals surface area contributed by atoms with Crippen LogP contribution in [0.15, 0.2) is 0 Å². The van der Waals surface area contributed by atoms with Crippen molar-refractivity contribution >= 4 is 0 Å². The monoisotopic (exact) mass is 61.1 g/mol. The molecule has 0 atom stereocenters. The highest BCUT2D eigenvalue weighted by Gasteiger charge is 1.55. The van der Waals surface area contributed by atoms with Gasteiger partial charge in [0.1, 0.15) is 1.41 Å². The molecular weight excluding hydrogens is 50.0 g/mol. The summed E-state index contributed by atoms with van der Waals surface area (Å²) in [4.78, 5) is 0. The Bertz CT molecular complexity index is 14.4. The molecule has 1 nitrogen and oxygen atoms in total. The summed E-state index contributed by atoms with van der Waals surface area (Å²) in [5.74, 6) is 0. The van der Waals surface area contributed by atoms with Gasteiger partial charge in [-0.3, -0.25) is 0 Å². The molecule has 0 heterocycles. The zero-order chi connectivity index (χ0) is 4.12. The summed E-state index contributed by atoms with van der Waals surface area (Å²) in [7, 11) is 0. The van der Waals surface area contributed by atoms with Gasteiger partial charge >= 0.3 is 0 Å². The molecule has 0 spiro atoms. The van der Waals surface area contributed by atoms with Gasteiger partial charge in [-0.25, -0.2) is 0 Å². The third kappa shape index (κ3) is 1.96. The smallest absolute Gasteiger partial charge is 0.118 e. The van der Waals surface area contributed by atoms with Crippen LogP contribution in [-0.4, -0.2) is 6.54 Å². The van der Waals surface area contributed by atoms with Gasteiger partial charge in [0.05, 0.1) is 0 Å². The van der Waals surface area contributed by atoms with E-state index in [0.29, 0.717) is 0 Å². The Morgan fingerprint density at radius 1 is 2.25 bits per heavy atom. The molecule has 2 N–H and O–H groups in total. The molecule has 0 radical (unpaired) electrons. The number of nitrogens with two attached hydrogens (primary N) is 1. The Labute approximate surface area is 28.3 Å². The van der Waals surface area contributed by atoms with Crippen LogP contribution < -0.4 is 5.73 Å². The minimum atomic E-state index is 0.806. The molecule has 0 saturated heterocycles. The fourth-order valence-electron chi connectivity index (χ4n) is 0. The van der Waals surface area contributed by atoms with E-state index in [1.54, 1.807) is 0 Å². The van der Waals surface area contributed by atoms with E-state index >= 15 is 0 Å². The number of rotatable bonds is 2. The summed E-state index contributed by atoms with van der Waals surface area (Å²) >= 11 is 0. The molecule has 0 aliphatic rings. The van der Waals surface area contributed by atoms with Crippen molar-refractivity contribution in [2.45, 2.75) is 13.3 Å². The second-order valence-electron chi connectivity index (χ2n) is 0.750. The Morgan fingerprint density at radius 2 is 3.00 bits per heavy atom. The van der Waals surface area contributed by atoms with Gasteiger partial charge in [-0.2, -0.15) is 0 Å². The molecule has 0 aromatic heterocycles. The van der Waals surface area contributed by atoms with Gasteiger partial charge in [0.2, 0.25) is 0 Å². The van der Waals surface area contributed by atoms with Gasteiger partial charge in [0.15, 0.2) is 0 Å². The summed E-state index contributed by atoms with van der Waals surface area (Å²) in [6.45, 7) is 2.83. The molecule has 0 saturated carbocycles. The van der Waals surface area contributed by atoms with Crippen LogP contribution in [-0.2, 0) is 0 Å². The zero-order valence-electron chi connectivity index (χ0n) is 3.91. The van der Waals surface area contributed by atoms with Crippen LogP contribution in [0.25, 0.3) is 0 Å². The average Bonchev–Trinajstić information content (AvgIpc) is 1.41. The van der Waals surface area contributed by atoms with E-state index in [-0.39, 0.29) is 0 Å².